The summed E-state index contributed by atoms with van der Waals surface area (Å²) < 4.78 is 0. The van der Waals surface area contributed by atoms with E-state index in [0.717, 1.165) is 22.3 Å². The standard InChI is InChI=1S/C19H19N5O2/c1-12(2)17(19(25)26)20-11-13-7-9-14(10-8-13)15-5-3-4-6-16(15)18-21-23-24-22-18/h3-12,17H,1-2H3,(H,25,26)(H,21,22,23,24)/b20-11-. The minimum Gasteiger partial charge on any atom is -0.480 e. The van der Waals surface area contributed by atoms with Crippen LogP contribution in [0.1, 0.15) is 19.4 Å². The number of benzene rings is 2. The summed E-state index contributed by atoms with van der Waals surface area (Å²) in [5.74, 6) is -0.375. The van der Waals surface area contributed by atoms with Gasteiger partial charge in [-0.2, -0.15) is 0 Å². The zero-order valence-corrected chi connectivity index (χ0v) is 14.5. The molecule has 0 radical (unpaired) electrons. The molecule has 132 valence electrons. The van der Waals surface area contributed by atoms with E-state index in [1.165, 1.54) is 0 Å². The van der Waals surface area contributed by atoms with Crippen molar-refractivity contribution >= 4 is 12.2 Å². The molecule has 1 atom stereocenters. The van der Waals surface area contributed by atoms with Crippen LogP contribution in [0, 0.1) is 5.92 Å². The summed E-state index contributed by atoms with van der Waals surface area (Å²) in [4.78, 5) is 15.4. The SMILES string of the molecule is CC(C)C(/N=C\c1ccc(-c2ccccc2-c2nnn[nH]2)cc1)C(=O)O. The van der Waals surface area contributed by atoms with E-state index < -0.39 is 12.0 Å². The third-order valence-corrected chi connectivity index (χ3v) is 4.02. The van der Waals surface area contributed by atoms with Gasteiger partial charge in [0.25, 0.3) is 0 Å². The highest BCUT2D eigenvalue weighted by molar-refractivity contribution is 5.86. The lowest BCUT2D eigenvalue weighted by Gasteiger charge is -2.10. The summed E-state index contributed by atoms with van der Waals surface area (Å²) in [7, 11) is 0. The van der Waals surface area contributed by atoms with Crippen molar-refractivity contribution in [2.24, 2.45) is 10.9 Å². The van der Waals surface area contributed by atoms with Crippen LogP contribution < -0.4 is 0 Å². The fourth-order valence-electron chi connectivity index (χ4n) is 2.65. The van der Waals surface area contributed by atoms with Gasteiger partial charge in [0, 0.05) is 11.8 Å². The Morgan fingerprint density at radius 2 is 1.81 bits per heavy atom. The molecule has 2 N–H and O–H groups in total. The minimum absolute atomic E-state index is 0.0644. The molecule has 0 saturated heterocycles. The Kier molecular flexibility index (Phi) is 5.17. The number of H-pyrrole nitrogens is 1. The first-order valence-corrected chi connectivity index (χ1v) is 8.26. The number of carboxylic acid groups (broad SMARTS) is 1. The summed E-state index contributed by atoms with van der Waals surface area (Å²) >= 11 is 0. The van der Waals surface area contributed by atoms with Crippen molar-refractivity contribution in [3.8, 4) is 22.5 Å². The molecular weight excluding hydrogens is 330 g/mol. The predicted octanol–water partition coefficient (Wildman–Crippen LogP) is 3.06. The van der Waals surface area contributed by atoms with Gasteiger partial charge in [0.05, 0.1) is 0 Å². The number of aromatic amines is 1. The molecule has 3 aromatic rings. The number of carbonyl (C=O) groups is 1. The Morgan fingerprint density at radius 3 is 2.38 bits per heavy atom. The number of aliphatic carboxylic acids is 1. The van der Waals surface area contributed by atoms with Crippen LogP contribution in [0.2, 0.25) is 0 Å². The van der Waals surface area contributed by atoms with E-state index in [1.807, 2.05) is 62.4 Å². The second-order valence-corrected chi connectivity index (χ2v) is 6.22. The molecule has 0 saturated carbocycles. The quantitative estimate of drug-likeness (QED) is 0.666. The lowest BCUT2D eigenvalue weighted by Crippen LogP contribution is -2.24. The summed E-state index contributed by atoms with van der Waals surface area (Å²) in [5, 5.41) is 23.2. The third-order valence-electron chi connectivity index (χ3n) is 4.02. The van der Waals surface area contributed by atoms with Gasteiger partial charge in [0.1, 0.15) is 6.04 Å². The molecule has 0 aliphatic carbocycles. The molecule has 0 spiro atoms. The second kappa shape index (κ2) is 7.69. The highest BCUT2D eigenvalue weighted by atomic mass is 16.4. The lowest BCUT2D eigenvalue weighted by atomic mass is 9.98. The van der Waals surface area contributed by atoms with E-state index in [0.29, 0.717) is 5.82 Å². The number of aromatic nitrogens is 4. The molecule has 1 unspecified atom stereocenters. The zero-order chi connectivity index (χ0) is 18.5. The maximum atomic E-state index is 11.2. The highest BCUT2D eigenvalue weighted by Gasteiger charge is 2.19. The highest BCUT2D eigenvalue weighted by Crippen LogP contribution is 2.29. The van der Waals surface area contributed by atoms with Crippen LogP contribution in [-0.4, -0.2) is 44.0 Å². The van der Waals surface area contributed by atoms with Crippen LogP contribution in [0.3, 0.4) is 0 Å². The predicted molar refractivity (Wildman–Crippen MR) is 98.9 cm³/mol. The summed E-state index contributed by atoms with van der Waals surface area (Å²) in [5.41, 5.74) is 3.76. The number of hydrogen-bond donors (Lipinski definition) is 2. The molecule has 0 aliphatic rings. The summed E-state index contributed by atoms with van der Waals surface area (Å²) in [6.45, 7) is 3.68. The fraction of sp³-hybridized carbons (Fsp3) is 0.211. The summed E-state index contributed by atoms with van der Waals surface area (Å²) in [6, 6.07) is 14.9. The molecule has 1 aromatic heterocycles. The molecule has 3 rings (SSSR count). The summed E-state index contributed by atoms with van der Waals surface area (Å²) in [6.07, 6.45) is 1.61. The van der Waals surface area contributed by atoms with Gasteiger partial charge in [-0.3, -0.25) is 4.99 Å². The van der Waals surface area contributed by atoms with Crippen molar-refractivity contribution < 1.29 is 9.90 Å². The maximum Gasteiger partial charge on any atom is 0.328 e. The number of carboxylic acids is 1. The van der Waals surface area contributed by atoms with E-state index in [-0.39, 0.29) is 5.92 Å². The molecular formula is C19H19N5O2. The molecule has 0 bridgehead atoms. The van der Waals surface area contributed by atoms with Gasteiger partial charge in [-0.25, -0.2) is 9.89 Å². The Labute approximate surface area is 150 Å². The molecule has 7 heteroatoms. The minimum atomic E-state index is -0.914. The van der Waals surface area contributed by atoms with Crippen molar-refractivity contribution in [3.05, 3.63) is 54.1 Å². The van der Waals surface area contributed by atoms with Crippen LogP contribution in [0.5, 0.6) is 0 Å². The molecule has 0 fully saturated rings. The second-order valence-electron chi connectivity index (χ2n) is 6.22. The topological polar surface area (TPSA) is 104 Å². The first kappa shape index (κ1) is 17.5. The normalized spacial score (nSPS) is 12.6. The molecule has 2 aromatic carbocycles. The first-order chi connectivity index (χ1) is 12.6. The smallest absolute Gasteiger partial charge is 0.328 e. The maximum absolute atomic E-state index is 11.2. The lowest BCUT2D eigenvalue weighted by molar-refractivity contribution is -0.139. The van der Waals surface area contributed by atoms with Crippen LogP contribution in [0.15, 0.2) is 53.5 Å². The third kappa shape index (κ3) is 3.83. The van der Waals surface area contributed by atoms with Crippen LogP contribution in [0.4, 0.5) is 0 Å². The van der Waals surface area contributed by atoms with Crippen molar-refractivity contribution in [3.63, 3.8) is 0 Å². The van der Waals surface area contributed by atoms with E-state index in [4.69, 9.17) is 0 Å². The van der Waals surface area contributed by atoms with E-state index >= 15 is 0 Å². The molecule has 0 amide bonds. The average Bonchev–Trinajstić information content (AvgIpc) is 3.16. The molecule has 0 aliphatic heterocycles. The van der Waals surface area contributed by atoms with Crippen molar-refractivity contribution in [1.82, 2.24) is 20.6 Å². The number of rotatable bonds is 6. The van der Waals surface area contributed by atoms with Crippen molar-refractivity contribution in [2.75, 3.05) is 0 Å². The van der Waals surface area contributed by atoms with Gasteiger partial charge in [-0.05, 0) is 33.0 Å². The molecule has 26 heavy (non-hydrogen) atoms. The van der Waals surface area contributed by atoms with Crippen molar-refractivity contribution in [1.29, 1.82) is 0 Å². The van der Waals surface area contributed by atoms with Gasteiger partial charge >= 0.3 is 5.97 Å². The number of hydrogen-bond acceptors (Lipinski definition) is 5. The van der Waals surface area contributed by atoms with Crippen LogP contribution in [-0.2, 0) is 4.79 Å². The van der Waals surface area contributed by atoms with E-state index in [9.17, 15) is 9.90 Å². The van der Waals surface area contributed by atoms with E-state index in [2.05, 4.69) is 25.6 Å². The Balaban J connectivity index is 1.86. The Morgan fingerprint density at radius 1 is 1.12 bits per heavy atom. The number of aliphatic imine (C=N–C) groups is 1. The van der Waals surface area contributed by atoms with Gasteiger partial charge in [-0.1, -0.05) is 62.4 Å². The molecule has 7 nitrogen and oxygen atoms in total. The Hall–Kier alpha value is -3.35. The van der Waals surface area contributed by atoms with Gasteiger partial charge in [0.2, 0.25) is 0 Å². The van der Waals surface area contributed by atoms with Crippen LogP contribution in [0.25, 0.3) is 22.5 Å². The number of tetrazole rings is 1. The van der Waals surface area contributed by atoms with Gasteiger partial charge in [-0.15, -0.1) is 5.10 Å². The van der Waals surface area contributed by atoms with Gasteiger partial charge in [0.15, 0.2) is 5.82 Å². The zero-order valence-electron chi connectivity index (χ0n) is 14.5. The van der Waals surface area contributed by atoms with Gasteiger partial charge < -0.3 is 5.11 Å². The largest absolute Gasteiger partial charge is 0.480 e. The van der Waals surface area contributed by atoms with Crippen molar-refractivity contribution in [2.45, 2.75) is 19.9 Å². The number of nitrogens with one attached hydrogen (secondary N) is 1. The first-order valence-electron chi connectivity index (χ1n) is 8.26. The average molecular weight is 349 g/mol. The monoisotopic (exact) mass is 349 g/mol. The van der Waals surface area contributed by atoms with Crippen LogP contribution >= 0.6 is 0 Å². The fourth-order valence-corrected chi connectivity index (χ4v) is 2.65. The van der Waals surface area contributed by atoms with E-state index in [1.54, 1.807) is 6.21 Å². The Bertz CT molecular complexity index is 902. The molecule has 1 heterocycles. The number of nitrogens with zero attached hydrogens (tertiary/aromatic N) is 4.